The summed E-state index contributed by atoms with van der Waals surface area (Å²) in [4.78, 5) is 26.4. The second kappa shape index (κ2) is 7.53. The lowest BCUT2D eigenvalue weighted by Gasteiger charge is -2.25. The summed E-state index contributed by atoms with van der Waals surface area (Å²) in [6.07, 6.45) is 2.90. The molecule has 0 aliphatic carbocycles. The number of rotatable bonds is 6. The van der Waals surface area contributed by atoms with Crippen LogP contribution in [0.3, 0.4) is 0 Å². The zero-order chi connectivity index (χ0) is 17.6. The van der Waals surface area contributed by atoms with Crippen molar-refractivity contribution < 1.29 is 18.4 Å². The monoisotopic (exact) mass is 338 g/mol. The van der Waals surface area contributed by atoms with E-state index in [-0.39, 0.29) is 35.9 Å². The molecule has 25 heavy (non-hydrogen) atoms. The molecular formula is C19H18N2O4. The molecule has 1 atom stereocenters. The molecule has 2 aromatic heterocycles. The maximum absolute atomic E-state index is 12.8. The summed E-state index contributed by atoms with van der Waals surface area (Å²) in [6, 6.07) is 15.5. The quantitative estimate of drug-likeness (QED) is 0.748. The lowest BCUT2D eigenvalue weighted by Crippen LogP contribution is -2.44. The molecule has 0 radical (unpaired) electrons. The van der Waals surface area contributed by atoms with Crippen molar-refractivity contribution in [3.05, 3.63) is 78.6 Å². The van der Waals surface area contributed by atoms with Gasteiger partial charge < -0.3 is 19.1 Å². The summed E-state index contributed by atoms with van der Waals surface area (Å²) in [5, 5.41) is 2.83. The Morgan fingerprint density at radius 3 is 2.20 bits per heavy atom. The van der Waals surface area contributed by atoms with E-state index in [4.69, 9.17) is 8.83 Å². The van der Waals surface area contributed by atoms with E-state index >= 15 is 0 Å². The summed E-state index contributed by atoms with van der Waals surface area (Å²) >= 11 is 0. The van der Waals surface area contributed by atoms with E-state index in [1.54, 1.807) is 29.2 Å². The highest BCUT2D eigenvalue weighted by atomic mass is 16.3. The first-order valence-corrected chi connectivity index (χ1v) is 7.90. The highest BCUT2D eigenvalue weighted by molar-refractivity contribution is 6.04. The van der Waals surface area contributed by atoms with E-state index in [0.717, 1.165) is 5.69 Å². The molecule has 2 heterocycles. The van der Waals surface area contributed by atoms with Crippen molar-refractivity contribution in [1.29, 1.82) is 0 Å². The third kappa shape index (κ3) is 3.98. The molecule has 1 N–H and O–H groups in total. The summed E-state index contributed by atoms with van der Waals surface area (Å²) in [7, 11) is 0. The number of benzene rings is 1. The fourth-order valence-corrected chi connectivity index (χ4v) is 2.47. The van der Waals surface area contributed by atoms with Crippen LogP contribution in [-0.4, -0.2) is 24.4 Å². The van der Waals surface area contributed by atoms with Gasteiger partial charge in [0.1, 0.15) is 0 Å². The Labute approximate surface area is 145 Å². The van der Waals surface area contributed by atoms with Crippen LogP contribution in [-0.2, 0) is 0 Å². The van der Waals surface area contributed by atoms with Gasteiger partial charge in [0.15, 0.2) is 11.5 Å². The number of hydrogen-bond donors (Lipinski definition) is 1. The third-order valence-corrected chi connectivity index (χ3v) is 3.62. The predicted molar refractivity (Wildman–Crippen MR) is 92.5 cm³/mol. The Kier molecular flexibility index (Phi) is 4.99. The van der Waals surface area contributed by atoms with Crippen LogP contribution in [0.2, 0.25) is 0 Å². The number of carbonyl (C=O) groups is 2. The molecular weight excluding hydrogens is 320 g/mol. The summed E-state index contributed by atoms with van der Waals surface area (Å²) in [6.45, 7) is 2.11. The second-order valence-electron chi connectivity index (χ2n) is 5.58. The van der Waals surface area contributed by atoms with Crippen LogP contribution in [0.25, 0.3) is 0 Å². The number of hydrogen-bond acceptors (Lipinski definition) is 4. The minimum absolute atomic E-state index is 0.232. The summed E-state index contributed by atoms with van der Waals surface area (Å²) in [5.41, 5.74) is 0.725. The normalized spacial score (nSPS) is 11.7. The van der Waals surface area contributed by atoms with Gasteiger partial charge in [-0.3, -0.25) is 9.59 Å². The van der Waals surface area contributed by atoms with Crippen molar-refractivity contribution in [2.24, 2.45) is 0 Å². The van der Waals surface area contributed by atoms with Crippen LogP contribution < -0.4 is 10.2 Å². The van der Waals surface area contributed by atoms with Gasteiger partial charge in [-0.15, -0.1) is 0 Å². The van der Waals surface area contributed by atoms with Gasteiger partial charge in [0, 0.05) is 18.3 Å². The zero-order valence-corrected chi connectivity index (χ0v) is 13.7. The van der Waals surface area contributed by atoms with Gasteiger partial charge in [0.05, 0.1) is 12.5 Å². The molecule has 6 nitrogen and oxygen atoms in total. The molecule has 0 aliphatic rings. The second-order valence-corrected chi connectivity index (χ2v) is 5.58. The van der Waals surface area contributed by atoms with Crippen LogP contribution in [0.5, 0.6) is 0 Å². The van der Waals surface area contributed by atoms with Gasteiger partial charge in [-0.2, -0.15) is 0 Å². The number of para-hydroxylation sites is 1. The van der Waals surface area contributed by atoms with Crippen molar-refractivity contribution in [2.45, 2.75) is 13.0 Å². The minimum Gasteiger partial charge on any atom is -0.459 e. The van der Waals surface area contributed by atoms with Gasteiger partial charge in [0.2, 0.25) is 0 Å². The van der Waals surface area contributed by atoms with E-state index in [9.17, 15) is 9.59 Å². The number of carbonyl (C=O) groups excluding carboxylic acids is 2. The highest BCUT2D eigenvalue weighted by Crippen LogP contribution is 2.18. The van der Waals surface area contributed by atoms with Crippen molar-refractivity contribution in [2.75, 3.05) is 11.4 Å². The summed E-state index contributed by atoms with van der Waals surface area (Å²) in [5.74, 6) is -0.116. The molecule has 6 heteroatoms. The first kappa shape index (κ1) is 16.6. The van der Waals surface area contributed by atoms with Crippen molar-refractivity contribution >= 4 is 17.5 Å². The standard InChI is InChI=1S/C19H18N2O4/c1-14(20-18(22)16-9-5-11-24-16)13-21(15-7-3-2-4-8-15)19(23)17-10-6-12-25-17/h2-12,14H,13H2,1H3,(H,20,22). The van der Waals surface area contributed by atoms with E-state index < -0.39 is 0 Å². The smallest absolute Gasteiger partial charge is 0.294 e. The first-order chi connectivity index (χ1) is 12.1. The lowest BCUT2D eigenvalue weighted by atomic mass is 10.2. The number of nitrogens with one attached hydrogen (secondary N) is 1. The van der Waals surface area contributed by atoms with Gasteiger partial charge in [-0.1, -0.05) is 18.2 Å². The fourth-order valence-electron chi connectivity index (χ4n) is 2.47. The lowest BCUT2D eigenvalue weighted by molar-refractivity contribution is 0.0900. The molecule has 0 fully saturated rings. The molecule has 0 saturated carbocycles. The Balaban J connectivity index is 1.75. The first-order valence-electron chi connectivity index (χ1n) is 7.90. The van der Waals surface area contributed by atoms with Gasteiger partial charge in [-0.05, 0) is 43.3 Å². The Morgan fingerprint density at radius 1 is 0.960 bits per heavy atom. The third-order valence-electron chi connectivity index (χ3n) is 3.62. The van der Waals surface area contributed by atoms with Crippen LogP contribution in [0.1, 0.15) is 28.0 Å². The molecule has 0 spiro atoms. The topological polar surface area (TPSA) is 75.7 Å². The number of furan rings is 2. The van der Waals surface area contributed by atoms with E-state index in [2.05, 4.69) is 5.32 Å². The van der Waals surface area contributed by atoms with Crippen molar-refractivity contribution in [3.63, 3.8) is 0 Å². The fraction of sp³-hybridized carbons (Fsp3) is 0.158. The molecule has 1 aromatic carbocycles. The molecule has 128 valence electrons. The van der Waals surface area contributed by atoms with Gasteiger partial charge >= 0.3 is 0 Å². The maximum Gasteiger partial charge on any atom is 0.294 e. The Hall–Kier alpha value is -3.28. The Morgan fingerprint density at radius 2 is 1.60 bits per heavy atom. The molecule has 0 bridgehead atoms. The van der Waals surface area contributed by atoms with Crippen molar-refractivity contribution in [3.8, 4) is 0 Å². The average molecular weight is 338 g/mol. The molecule has 0 aliphatic heterocycles. The minimum atomic E-state index is -0.323. The van der Waals surface area contributed by atoms with E-state index in [1.165, 1.54) is 12.5 Å². The molecule has 1 unspecified atom stereocenters. The molecule has 3 aromatic rings. The largest absolute Gasteiger partial charge is 0.459 e. The molecule has 0 saturated heterocycles. The van der Waals surface area contributed by atoms with Crippen LogP contribution >= 0.6 is 0 Å². The predicted octanol–water partition coefficient (Wildman–Crippen LogP) is 3.34. The van der Waals surface area contributed by atoms with E-state index in [1.807, 2.05) is 37.3 Å². The summed E-state index contributed by atoms with van der Waals surface area (Å²) < 4.78 is 10.3. The number of amides is 2. The van der Waals surface area contributed by atoms with Crippen molar-refractivity contribution in [1.82, 2.24) is 5.32 Å². The number of anilines is 1. The van der Waals surface area contributed by atoms with Crippen LogP contribution in [0.4, 0.5) is 5.69 Å². The SMILES string of the molecule is CC(CN(C(=O)c1ccco1)c1ccccc1)NC(=O)c1ccco1. The zero-order valence-electron chi connectivity index (χ0n) is 13.7. The van der Waals surface area contributed by atoms with Gasteiger partial charge in [-0.25, -0.2) is 0 Å². The van der Waals surface area contributed by atoms with Gasteiger partial charge in [0.25, 0.3) is 11.8 Å². The van der Waals surface area contributed by atoms with Crippen LogP contribution in [0, 0.1) is 0 Å². The molecule has 3 rings (SSSR count). The maximum atomic E-state index is 12.8. The average Bonchev–Trinajstić information content (AvgIpc) is 3.33. The Bertz CT molecular complexity index is 811. The van der Waals surface area contributed by atoms with E-state index in [0.29, 0.717) is 0 Å². The van der Waals surface area contributed by atoms with Crippen LogP contribution in [0.15, 0.2) is 76.0 Å². The molecule has 2 amide bonds. The number of nitrogens with zero attached hydrogens (tertiary/aromatic N) is 1. The highest BCUT2D eigenvalue weighted by Gasteiger charge is 2.23.